The summed E-state index contributed by atoms with van der Waals surface area (Å²) in [4.78, 5) is 10.8. The summed E-state index contributed by atoms with van der Waals surface area (Å²) in [5.74, 6) is 4.70. The predicted molar refractivity (Wildman–Crippen MR) is 76.6 cm³/mol. The minimum absolute atomic E-state index is 0.187. The van der Waals surface area contributed by atoms with Gasteiger partial charge in [0.05, 0.1) is 0 Å². The van der Waals surface area contributed by atoms with Crippen LogP contribution in [0.3, 0.4) is 0 Å². The van der Waals surface area contributed by atoms with Gasteiger partial charge in [0.25, 0.3) is 0 Å². The van der Waals surface area contributed by atoms with Crippen LogP contribution >= 0.6 is 0 Å². The molecule has 0 fully saturated rings. The van der Waals surface area contributed by atoms with Crippen molar-refractivity contribution >= 4 is 5.97 Å². The molecule has 0 aromatic heterocycles. The number of hydrogen-bond acceptors (Lipinski definition) is 5. The molecular weight excluding hydrogens is 258 g/mol. The molecule has 0 atom stereocenters. The van der Waals surface area contributed by atoms with Crippen molar-refractivity contribution in [1.29, 1.82) is 0 Å². The van der Waals surface area contributed by atoms with E-state index >= 15 is 0 Å². The minimum atomic E-state index is -1.30. The number of nitrogens with one attached hydrogen (secondary N) is 1. The number of carboxylic acids is 1. The normalized spacial score (nSPS) is 12.0. The maximum absolute atomic E-state index is 10.8. The predicted octanol–water partition coefficient (Wildman–Crippen LogP) is 1.64. The number of aliphatic carboxylic acids is 1. The van der Waals surface area contributed by atoms with Gasteiger partial charge in [0.15, 0.2) is 5.70 Å². The number of benzene rings is 1. The van der Waals surface area contributed by atoms with Crippen LogP contribution in [0.15, 0.2) is 35.8 Å². The first-order chi connectivity index (χ1) is 9.53. The molecular formula is C14H21N3O3. The molecule has 1 rings (SSSR count). The van der Waals surface area contributed by atoms with Crippen molar-refractivity contribution in [2.45, 2.75) is 32.6 Å². The molecule has 0 aliphatic rings. The molecule has 1 aromatic rings. The number of hydrazine groups is 1. The third-order valence-corrected chi connectivity index (χ3v) is 3.16. The maximum atomic E-state index is 10.8. The Bertz CT molecular complexity index is 479. The van der Waals surface area contributed by atoms with E-state index in [0.29, 0.717) is 11.7 Å². The van der Waals surface area contributed by atoms with Gasteiger partial charge in [-0.25, -0.2) is 10.6 Å². The van der Waals surface area contributed by atoms with Crippen molar-refractivity contribution in [3.05, 3.63) is 41.4 Å². The first-order valence-electron chi connectivity index (χ1n) is 6.50. The summed E-state index contributed by atoms with van der Waals surface area (Å²) in [5.41, 5.74) is 8.24. The highest BCUT2D eigenvalue weighted by Gasteiger charge is 2.12. The zero-order chi connectivity index (χ0) is 15.1. The van der Waals surface area contributed by atoms with E-state index in [-0.39, 0.29) is 5.88 Å². The van der Waals surface area contributed by atoms with E-state index in [1.54, 1.807) is 12.1 Å². The largest absolute Gasteiger partial charge is 0.476 e. The molecule has 6 nitrogen and oxygen atoms in total. The Balaban J connectivity index is 2.89. The van der Waals surface area contributed by atoms with Crippen LogP contribution in [0.4, 0.5) is 0 Å². The fourth-order valence-corrected chi connectivity index (χ4v) is 1.95. The van der Waals surface area contributed by atoms with Crippen molar-refractivity contribution in [1.82, 2.24) is 5.43 Å². The highest BCUT2D eigenvalue weighted by Crippen LogP contribution is 2.25. The van der Waals surface area contributed by atoms with Gasteiger partial charge >= 0.3 is 5.97 Å². The summed E-state index contributed by atoms with van der Waals surface area (Å²) in [7, 11) is 0. The lowest BCUT2D eigenvalue weighted by Crippen LogP contribution is -2.31. The second-order valence-electron chi connectivity index (χ2n) is 4.38. The van der Waals surface area contributed by atoms with Gasteiger partial charge in [-0.2, -0.15) is 0 Å². The number of carboxylic acid groups (broad SMARTS) is 1. The van der Waals surface area contributed by atoms with Gasteiger partial charge in [-0.3, -0.25) is 5.43 Å². The number of hydrogen-bond donors (Lipinski definition) is 4. The van der Waals surface area contributed by atoms with E-state index in [1.807, 2.05) is 12.1 Å². The Kier molecular flexibility index (Phi) is 5.86. The van der Waals surface area contributed by atoms with Gasteiger partial charge in [-0.1, -0.05) is 26.0 Å². The molecule has 0 aliphatic heterocycles. The average Bonchev–Trinajstić information content (AvgIpc) is 2.46. The quantitative estimate of drug-likeness (QED) is 0.261. The monoisotopic (exact) mass is 279 g/mol. The lowest BCUT2D eigenvalue weighted by Gasteiger charge is -2.14. The number of rotatable bonds is 7. The van der Waals surface area contributed by atoms with Crippen LogP contribution in [0, 0.1) is 0 Å². The van der Waals surface area contributed by atoms with Crippen molar-refractivity contribution in [2.24, 2.45) is 11.6 Å². The van der Waals surface area contributed by atoms with E-state index in [1.165, 1.54) is 5.56 Å². The second-order valence-corrected chi connectivity index (χ2v) is 4.38. The number of ether oxygens (including phenoxy) is 1. The Hall–Kier alpha value is -2.21. The molecule has 0 heterocycles. The van der Waals surface area contributed by atoms with Crippen LogP contribution in [0.25, 0.3) is 0 Å². The first-order valence-corrected chi connectivity index (χ1v) is 6.50. The second kappa shape index (κ2) is 7.40. The van der Waals surface area contributed by atoms with E-state index in [4.69, 9.17) is 21.4 Å². The molecule has 0 saturated heterocycles. The number of nitrogens with two attached hydrogens (primary N) is 2. The van der Waals surface area contributed by atoms with E-state index in [9.17, 15) is 4.79 Å². The van der Waals surface area contributed by atoms with Crippen LogP contribution in [-0.4, -0.2) is 11.1 Å². The Labute approximate surface area is 118 Å². The average molecular weight is 279 g/mol. The van der Waals surface area contributed by atoms with Gasteiger partial charge in [0, 0.05) is 0 Å². The molecule has 0 radical (unpaired) electrons. The van der Waals surface area contributed by atoms with Gasteiger partial charge in [0.1, 0.15) is 5.75 Å². The molecule has 20 heavy (non-hydrogen) atoms. The Morgan fingerprint density at radius 1 is 1.30 bits per heavy atom. The SMILES string of the molecule is CCC(CC)c1ccc(O/C(NN)=C(/N)C(=O)O)cc1. The molecule has 0 unspecified atom stereocenters. The molecule has 0 amide bonds. The first kappa shape index (κ1) is 15.8. The van der Waals surface area contributed by atoms with Crippen LogP contribution in [0.2, 0.25) is 0 Å². The third-order valence-electron chi connectivity index (χ3n) is 3.16. The molecule has 6 heteroatoms. The standard InChI is InChI=1S/C14H21N3O3/c1-3-9(4-2)10-5-7-11(8-6-10)20-13(17-16)12(15)14(18)19/h5-9,17H,3-4,15-16H2,1-2H3,(H,18,19)/b13-12+. The molecule has 1 aromatic carbocycles. The molecule has 0 bridgehead atoms. The zero-order valence-electron chi connectivity index (χ0n) is 11.7. The fourth-order valence-electron chi connectivity index (χ4n) is 1.95. The lowest BCUT2D eigenvalue weighted by atomic mass is 9.94. The van der Waals surface area contributed by atoms with Crippen molar-refractivity contribution in [2.75, 3.05) is 0 Å². The van der Waals surface area contributed by atoms with Gasteiger partial charge < -0.3 is 15.6 Å². The third kappa shape index (κ3) is 3.89. The van der Waals surface area contributed by atoms with Crippen molar-refractivity contribution in [3.63, 3.8) is 0 Å². The highest BCUT2D eigenvalue weighted by molar-refractivity contribution is 5.85. The lowest BCUT2D eigenvalue weighted by molar-refractivity contribution is -0.132. The number of carbonyl (C=O) groups is 1. The molecule has 0 aliphatic carbocycles. The summed E-state index contributed by atoms with van der Waals surface area (Å²) in [6, 6.07) is 7.44. The molecule has 110 valence electrons. The topological polar surface area (TPSA) is 111 Å². The molecule has 6 N–H and O–H groups in total. The Morgan fingerprint density at radius 2 is 1.85 bits per heavy atom. The van der Waals surface area contributed by atoms with Crippen LogP contribution < -0.4 is 21.7 Å². The van der Waals surface area contributed by atoms with E-state index in [2.05, 4.69) is 19.3 Å². The van der Waals surface area contributed by atoms with Gasteiger partial charge in [-0.15, -0.1) is 0 Å². The van der Waals surface area contributed by atoms with Gasteiger partial charge in [0.2, 0.25) is 5.88 Å². The van der Waals surface area contributed by atoms with E-state index in [0.717, 1.165) is 12.8 Å². The van der Waals surface area contributed by atoms with Crippen molar-refractivity contribution < 1.29 is 14.6 Å². The zero-order valence-corrected chi connectivity index (χ0v) is 11.7. The highest BCUT2D eigenvalue weighted by atomic mass is 16.5. The minimum Gasteiger partial charge on any atom is -0.476 e. The smallest absolute Gasteiger partial charge is 0.357 e. The maximum Gasteiger partial charge on any atom is 0.357 e. The van der Waals surface area contributed by atoms with Crippen molar-refractivity contribution in [3.8, 4) is 5.75 Å². The summed E-state index contributed by atoms with van der Waals surface area (Å²) in [6.07, 6.45) is 2.14. The summed E-state index contributed by atoms with van der Waals surface area (Å²) < 4.78 is 5.33. The van der Waals surface area contributed by atoms with Gasteiger partial charge in [-0.05, 0) is 36.5 Å². The Morgan fingerprint density at radius 3 is 2.25 bits per heavy atom. The fraction of sp³-hybridized carbons (Fsp3) is 0.357. The van der Waals surface area contributed by atoms with Crippen LogP contribution in [0.1, 0.15) is 38.2 Å². The van der Waals surface area contributed by atoms with E-state index < -0.39 is 11.7 Å². The summed E-state index contributed by atoms with van der Waals surface area (Å²) >= 11 is 0. The molecule has 0 saturated carbocycles. The van der Waals surface area contributed by atoms with Crippen LogP contribution in [0.5, 0.6) is 5.75 Å². The summed E-state index contributed by atoms with van der Waals surface area (Å²) in [5, 5.41) is 8.78. The molecule has 0 spiro atoms. The van der Waals surface area contributed by atoms with Crippen LogP contribution in [-0.2, 0) is 4.79 Å². The summed E-state index contributed by atoms with van der Waals surface area (Å²) in [6.45, 7) is 4.29.